The fourth-order valence-corrected chi connectivity index (χ4v) is 8.38. The highest BCUT2D eigenvalue weighted by molar-refractivity contribution is 5.96. The largest absolute Gasteiger partial charge is 0.464 e. The zero-order valence-electron chi connectivity index (χ0n) is 21.6. The van der Waals surface area contributed by atoms with E-state index in [0.29, 0.717) is 36.9 Å². The molecule has 9 atom stereocenters. The number of anilines is 1. The number of nitrogens with one attached hydrogen (secondary N) is 1. The van der Waals surface area contributed by atoms with Gasteiger partial charge in [-0.05, 0) is 85.5 Å². The van der Waals surface area contributed by atoms with Crippen molar-refractivity contribution in [3.63, 3.8) is 0 Å². The normalized spacial score (nSPS) is 39.5. The van der Waals surface area contributed by atoms with Crippen LogP contribution in [-0.4, -0.2) is 38.0 Å². The summed E-state index contributed by atoms with van der Waals surface area (Å²) in [5.41, 5.74) is 2.08. The van der Waals surface area contributed by atoms with Gasteiger partial charge in [-0.1, -0.05) is 19.1 Å². The summed E-state index contributed by atoms with van der Waals surface area (Å²) in [6.45, 7) is 4.86. The van der Waals surface area contributed by atoms with Gasteiger partial charge in [-0.15, -0.1) is 0 Å². The Morgan fingerprint density at radius 1 is 1.22 bits per heavy atom. The predicted molar refractivity (Wildman–Crippen MR) is 137 cm³/mol. The van der Waals surface area contributed by atoms with Crippen molar-refractivity contribution >= 4 is 23.7 Å². The number of fused-ring (bicyclic) bond motifs is 8. The lowest BCUT2D eigenvalue weighted by Gasteiger charge is -2.54. The van der Waals surface area contributed by atoms with Crippen LogP contribution in [0.3, 0.4) is 0 Å². The van der Waals surface area contributed by atoms with Crippen LogP contribution in [0.2, 0.25) is 0 Å². The van der Waals surface area contributed by atoms with Crippen LogP contribution in [0.1, 0.15) is 39.5 Å². The Labute approximate surface area is 217 Å². The van der Waals surface area contributed by atoms with Gasteiger partial charge < -0.3 is 19.5 Å². The second kappa shape index (κ2) is 9.03. The minimum Gasteiger partial charge on any atom is -0.464 e. The molecule has 1 heterocycles. The molecule has 0 bridgehead atoms. The third-order valence-electron chi connectivity index (χ3n) is 10.1. The molecule has 1 aliphatic heterocycles. The van der Waals surface area contributed by atoms with Crippen LogP contribution in [0.25, 0.3) is 0 Å². The zero-order valence-corrected chi connectivity index (χ0v) is 21.6. The van der Waals surface area contributed by atoms with Crippen molar-refractivity contribution in [1.29, 1.82) is 0 Å². The molecule has 0 aromatic heterocycles. The van der Waals surface area contributed by atoms with Gasteiger partial charge in [0.2, 0.25) is 6.79 Å². The molecule has 37 heavy (non-hydrogen) atoms. The van der Waals surface area contributed by atoms with E-state index >= 15 is 0 Å². The highest BCUT2D eigenvalue weighted by Gasteiger charge is 2.63. The van der Waals surface area contributed by atoms with E-state index in [4.69, 9.17) is 14.2 Å². The fraction of sp³-hybridized carbons (Fsp3) is 0.567. The van der Waals surface area contributed by atoms with Crippen LogP contribution in [0, 0.1) is 46.8 Å². The minimum atomic E-state index is -0.161. The first-order valence-electron chi connectivity index (χ1n) is 13.5. The van der Waals surface area contributed by atoms with E-state index in [1.807, 2.05) is 31.3 Å². The molecule has 0 saturated heterocycles. The summed E-state index contributed by atoms with van der Waals surface area (Å²) >= 11 is 0. The smallest absolute Gasteiger partial charge is 0.293 e. The monoisotopic (exact) mass is 505 g/mol. The maximum absolute atomic E-state index is 12.3. The average molecular weight is 506 g/mol. The summed E-state index contributed by atoms with van der Waals surface area (Å²) in [5.74, 6) is 4.24. The third-order valence-corrected chi connectivity index (χ3v) is 10.1. The lowest BCUT2D eigenvalue weighted by Crippen LogP contribution is -2.53. The lowest BCUT2D eigenvalue weighted by atomic mass is 9.51. The molecule has 0 radical (unpaired) electrons. The van der Waals surface area contributed by atoms with Crippen molar-refractivity contribution in [1.82, 2.24) is 0 Å². The molecule has 5 aliphatic carbocycles. The van der Waals surface area contributed by atoms with Crippen LogP contribution < -0.4 is 14.8 Å². The highest BCUT2D eigenvalue weighted by atomic mass is 16.7. The van der Waals surface area contributed by atoms with Crippen LogP contribution in [0.5, 0.6) is 11.5 Å². The van der Waals surface area contributed by atoms with E-state index in [9.17, 15) is 14.4 Å². The van der Waals surface area contributed by atoms with Gasteiger partial charge in [0, 0.05) is 36.6 Å². The molecule has 3 fully saturated rings. The number of allylic oxidation sites excluding steroid dienone is 4. The molecule has 0 amide bonds. The Kier molecular flexibility index (Phi) is 5.92. The first kappa shape index (κ1) is 24.3. The van der Waals surface area contributed by atoms with Gasteiger partial charge in [-0.3, -0.25) is 14.4 Å². The first-order chi connectivity index (χ1) is 17.9. The second-order valence-corrected chi connectivity index (χ2v) is 11.7. The van der Waals surface area contributed by atoms with Gasteiger partial charge in [-0.2, -0.15) is 0 Å². The average Bonchev–Trinajstić information content (AvgIpc) is 3.42. The van der Waals surface area contributed by atoms with Crippen molar-refractivity contribution in [2.24, 2.45) is 46.8 Å². The third kappa shape index (κ3) is 3.89. The van der Waals surface area contributed by atoms with Crippen LogP contribution in [0.4, 0.5) is 5.69 Å². The molecule has 7 heteroatoms. The topological polar surface area (TPSA) is 90.9 Å². The van der Waals surface area contributed by atoms with Crippen molar-refractivity contribution in [3.8, 4) is 11.5 Å². The number of ketones is 2. The Morgan fingerprint density at radius 3 is 2.78 bits per heavy atom. The van der Waals surface area contributed by atoms with E-state index < -0.39 is 0 Å². The molecule has 1 aromatic rings. The number of carbonyl (C=O) groups is 3. The zero-order chi connectivity index (χ0) is 25.9. The number of hydrogen-bond acceptors (Lipinski definition) is 7. The van der Waals surface area contributed by atoms with Crippen molar-refractivity contribution in [2.75, 3.05) is 19.2 Å². The molecule has 6 aliphatic rings. The summed E-state index contributed by atoms with van der Waals surface area (Å²) < 4.78 is 16.0. The number of carbonyl (C=O) groups excluding carboxylic acids is 3. The standard InChI is InChI=1S/C22H26O4.C8H9NO2/c1-11(24)16-5-6-17-13-4-3-12-7-18(25)14-8-15(14)20(12)21(13)19(26-10-23)9-22(16,17)2;1-9-6-2-3-7-8(4-6)11-5-10-7/h3-4,7,10,13-17,19-21H,5-6,8-9H2,1-2H3;2-4,9H,5H2,1H3. The Morgan fingerprint density at radius 2 is 2.03 bits per heavy atom. The summed E-state index contributed by atoms with van der Waals surface area (Å²) in [6, 6.07) is 5.77. The quantitative estimate of drug-likeness (QED) is 0.599. The fourth-order valence-electron chi connectivity index (χ4n) is 8.38. The van der Waals surface area contributed by atoms with Crippen molar-refractivity contribution in [3.05, 3.63) is 42.0 Å². The number of Topliss-reactive ketones (excluding diaryl/α,β-unsaturated/α-hetero) is 1. The maximum Gasteiger partial charge on any atom is 0.293 e. The molecule has 0 spiro atoms. The summed E-state index contributed by atoms with van der Waals surface area (Å²) in [7, 11) is 1.87. The number of rotatable bonds is 4. The summed E-state index contributed by atoms with van der Waals surface area (Å²) in [6.07, 6.45) is 9.85. The number of ether oxygens (including phenoxy) is 3. The van der Waals surface area contributed by atoms with Gasteiger partial charge in [0.05, 0.1) is 0 Å². The van der Waals surface area contributed by atoms with Gasteiger partial charge in [0.25, 0.3) is 6.47 Å². The Bertz CT molecular complexity index is 1190. The van der Waals surface area contributed by atoms with Crippen LogP contribution in [0.15, 0.2) is 42.0 Å². The molecule has 1 N–H and O–H groups in total. The van der Waals surface area contributed by atoms with Gasteiger partial charge in [0.1, 0.15) is 11.9 Å². The Hall–Kier alpha value is -3.09. The van der Waals surface area contributed by atoms with Crippen molar-refractivity contribution < 1.29 is 28.6 Å². The van der Waals surface area contributed by atoms with E-state index in [-0.39, 0.29) is 40.8 Å². The molecular weight excluding hydrogens is 470 g/mol. The minimum absolute atomic E-state index is 0.0677. The maximum atomic E-state index is 12.3. The van der Waals surface area contributed by atoms with Gasteiger partial charge in [0.15, 0.2) is 17.3 Å². The summed E-state index contributed by atoms with van der Waals surface area (Å²) in [5, 5.41) is 3.02. The van der Waals surface area contributed by atoms with E-state index in [0.717, 1.165) is 48.4 Å². The van der Waals surface area contributed by atoms with E-state index in [1.165, 1.54) is 0 Å². The predicted octanol–water partition coefficient (Wildman–Crippen LogP) is 4.57. The molecule has 196 valence electrons. The highest BCUT2D eigenvalue weighted by Crippen LogP contribution is 2.66. The molecule has 7 rings (SSSR count). The first-order valence-corrected chi connectivity index (χ1v) is 13.5. The second-order valence-electron chi connectivity index (χ2n) is 11.7. The lowest BCUT2D eigenvalue weighted by molar-refractivity contribution is -0.153. The van der Waals surface area contributed by atoms with Gasteiger partial charge in [-0.25, -0.2) is 0 Å². The SMILES string of the molecule is CC(=O)C1CCC2C3C=CC4=CC(=O)C5CC5C4C3C(OC=O)CC12C.CNc1ccc2c(c1)OCO2. The number of benzene rings is 1. The van der Waals surface area contributed by atoms with Crippen LogP contribution >= 0.6 is 0 Å². The van der Waals surface area contributed by atoms with Crippen LogP contribution in [-0.2, 0) is 19.1 Å². The molecular formula is C30H35NO6. The molecule has 7 nitrogen and oxygen atoms in total. The van der Waals surface area contributed by atoms with E-state index in [2.05, 4.69) is 24.4 Å². The van der Waals surface area contributed by atoms with Crippen molar-refractivity contribution in [2.45, 2.75) is 45.6 Å². The molecule has 1 aromatic carbocycles. The Balaban J connectivity index is 0.000000191. The molecule has 3 saturated carbocycles. The molecule has 9 unspecified atom stereocenters. The summed E-state index contributed by atoms with van der Waals surface area (Å²) in [4.78, 5) is 35.7. The van der Waals surface area contributed by atoms with E-state index in [1.54, 1.807) is 6.92 Å². The number of hydrogen-bond donors (Lipinski definition) is 1. The van der Waals surface area contributed by atoms with Gasteiger partial charge >= 0.3 is 0 Å².